The number of fused-ring (bicyclic) bond motifs is 1. The highest BCUT2D eigenvalue weighted by Crippen LogP contribution is 2.30. The van der Waals surface area contributed by atoms with Gasteiger partial charge in [-0.3, -0.25) is 4.79 Å². The molecule has 1 aliphatic rings. The third kappa shape index (κ3) is 2.77. The average Bonchev–Trinajstić information content (AvgIpc) is 2.51. The summed E-state index contributed by atoms with van der Waals surface area (Å²) in [5, 5.41) is 9.31. The van der Waals surface area contributed by atoms with E-state index in [2.05, 4.69) is 30.0 Å². The summed E-state index contributed by atoms with van der Waals surface area (Å²) in [5.74, 6) is 0.266. The molecule has 0 saturated heterocycles. The Morgan fingerprint density at radius 2 is 1.90 bits per heavy atom. The minimum Gasteiger partial charge on any atom is -0.508 e. The third-order valence-electron chi connectivity index (χ3n) is 4.17. The predicted octanol–water partition coefficient (Wildman–Crippen LogP) is 3.42. The van der Waals surface area contributed by atoms with Crippen molar-refractivity contribution in [3.05, 3.63) is 59.7 Å². The van der Waals surface area contributed by atoms with Gasteiger partial charge in [0.1, 0.15) is 5.75 Å². The first-order valence-electron chi connectivity index (χ1n) is 7.32. The summed E-state index contributed by atoms with van der Waals surface area (Å²) in [6.45, 7) is 2.54. The number of hydrogen-bond donors (Lipinski definition) is 1. The SMILES string of the molecule is CC1CCc2ccccc2N1CC(=O)c1ccc(O)cc1. The van der Waals surface area contributed by atoms with Crippen LogP contribution in [0.3, 0.4) is 0 Å². The van der Waals surface area contributed by atoms with Crippen molar-refractivity contribution in [3.8, 4) is 5.75 Å². The van der Waals surface area contributed by atoms with E-state index in [9.17, 15) is 9.90 Å². The molecule has 0 spiro atoms. The van der Waals surface area contributed by atoms with E-state index in [4.69, 9.17) is 0 Å². The molecule has 1 N–H and O–H groups in total. The molecule has 108 valence electrons. The fraction of sp³-hybridized carbons (Fsp3) is 0.278. The fourth-order valence-corrected chi connectivity index (χ4v) is 2.89. The molecule has 1 atom stereocenters. The van der Waals surface area contributed by atoms with Gasteiger partial charge in [-0.05, 0) is 55.7 Å². The van der Waals surface area contributed by atoms with Crippen molar-refractivity contribution < 1.29 is 9.90 Å². The van der Waals surface area contributed by atoms with Crippen molar-refractivity contribution in [2.24, 2.45) is 0 Å². The first kappa shape index (κ1) is 13.7. The van der Waals surface area contributed by atoms with Crippen LogP contribution < -0.4 is 4.90 Å². The molecule has 0 saturated carbocycles. The Hall–Kier alpha value is -2.29. The Bertz CT molecular complexity index is 649. The minimum absolute atomic E-state index is 0.0820. The Balaban J connectivity index is 1.84. The smallest absolute Gasteiger partial charge is 0.182 e. The van der Waals surface area contributed by atoms with Gasteiger partial charge in [0.15, 0.2) is 5.78 Å². The van der Waals surface area contributed by atoms with E-state index in [1.165, 1.54) is 11.3 Å². The lowest BCUT2D eigenvalue weighted by Gasteiger charge is -2.36. The van der Waals surface area contributed by atoms with Gasteiger partial charge in [0.2, 0.25) is 0 Å². The Morgan fingerprint density at radius 3 is 2.67 bits per heavy atom. The molecule has 21 heavy (non-hydrogen) atoms. The number of hydrogen-bond acceptors (Lipinski definition) is 3. The average molecular weight is 281 g/mol. The van der Waals surface area contributed by atoms with Gasteiger partial charge < -0.3 is 10.0 Å². The molecule has 3 nitrogen and oxygen atoms in total. The van der Waals surface area contributed by atoms with Crippen LogP contribution in [-0.2, 0) is 6.42 Å². The summed E-state index contributed by atoms with van der Waals surface area (Å²) in [6.07, 6.45) is 2.14. The second kappa shape index (κ2) is 5.60. The van der Waals surface area contributed by atoms with Gasteiger partial charge in [-0.2, -0.15) is 0 Å². The summed E-state index contributed by atoms with van der Waals surface area (Å²) >= 11 is 0. The highest BCUT2D eigenvalue weighted by molar-refractivity contribution is 5.99. The summed E-state index contributed by atoms with van der Waals surface area (Å²) in [7, 11) is 0. The number of carbonyl (C=O) groups is 1. The van der Waals surface area contributed by atoms with E-state index in [1.807, 2.05) is 6.07 Å². The van der Waals surface area contributed by atoms with Gasteiger partial charge in [0.05, 0.1) is 6.54 Å². The van der Waals surface area contributed by atoms with Crippen LogP contribution in [0.1, 0.15) is 29.3 Å². The molecule has 0 amide bonds. The lowest BCUT2D eigenvalue weighted by molar-refractivity contribution is 0.0996. The predicted molar refractivity (Wildman–Crippen MR) is 84.0 cm³/mol. The van der Waals surface area contributed by atoms with Crippen molar-refractivity contribution in [3.63, 3.8) is 0 Å². The van der Waals surface area contributed by atoms with Crippen LogP contribution in [0.15, 0.2) is 48.5 Å². The molecule has 2 aromatic carbocycles. The molecule has 0 bridgehead atoms. The van der Waals surface area contributed by atoms with Gasteiger partial charge in [-0.25, -0.2) is 0 Å². The third-order valence-corrected chi connectivity index (χ3v) is 4.17. The fourth-order valence-electron chi connectivity index (χ4n) is 2.89. The van der Waals surface area contributed by atoms with E-state index < -0.39 is 0 Å². The van der Waals surface area contributed by atoms with Crippen LogP contribution in [-0.4, -0.2) is 23.5 Å². The molecule has 0 aromatic heterocycles. The van der Waals surface area contributed by atoms with Crippen LogP contribution in [0.25, 0.3) is 0 Å². The normalized spacial score (nSPS) is 17.4. The van der Waals surface area contributed by atoms with Crippen molar-refractivity contribution >= 4 is 11.5 Å². The maximum atomic E-state index is 12.5. The summed E-state index contributed by atoms with van der Waals surface area (Å²) < 4.78 is 0. The van der Waals surface area contributed by atoms with Crippen LogP contribution in [0.5, 0.6) is 5.75 Å². The second-order valence-electron chi connectivity index (χ2n) is 5.61. The number of carbonyl (C=O) groups excluding carboxylic acids is 1. The molecule has 0 aliphatic carbocycles. The van der Waals surface area contributed by atoms with Crippen LogP contribution >= 0.6 is 0 Å². The molecule has 0 radical (unpaired) electrons. The van der Waals surface area contributed by atoms with E-state index in [0.29, 0.717) is 18.2 Å². The monoisotopic (exact) mass is 281 g/mol. The second-order valence-corrected chi connectivity index (χ2v) is 5.61. The molecular formula is C18H19NO2. The molecule has 1 aliphatic heterocycles. The first-order valence-corrected chi connectivity index (χ1v) is 7.32. The van der Waals surface area contributed by atoms with Crippen molar-refractivity contribution in [1.29, 1.82) is 0 Å². The molecule has 3 rings (SSSR count). The number of aryl methyl sites for hydroxylation is 1. The van der Waals surface area contributed by atoms with Gasteiger partial charge in [-0.15, -0.1) is 0 Å². The Morgan fingerprint density at radius 1 is 1.19 bits per heavy atom. The van der Waals surface area contributed by atoms with Crippen LogP contribution in [0.4, 0.5) is 5.69 Å². The number of benzene rings is 2. The van der Waals surface area contributed by atoms with Gasteiger partial charge in [-0.1, -0.05) is 18.2 Å². The van der Waals surface area contributed by atoms with Gasteiger partial charge >= 0.3 is 0 Å². The minimum atomic E-state index is 0.0820. The summed E-state index contributed by atoms with van der Waals surface area (Å²) in [4.78, 5) is 14.6. The van der Waals surface area contributed by atoms with Crippen LogP contribution in [0, 0.1) is 0 Å². The molecular weight excluding hydrogens is 262 g/mol. The summed E-state index contributed by atoms with van der Waals surface area (Å²) in [6, 6.07) is 15.1. The number of para-hydroxylation sites is 1. The molecule has 2 aromatic rings. The zero-order chi connectivity index (χ0) is 14.8. The number of anilines is 1. The lowest BCUT2D eigenvalue weighted by atomic mass is 9.96. The molecule has 0 fully saturated rings. The molecule has 3 heteroatoms. The highest BCUT2D eigenvalue weighted by atomic mass is 16.3. The molecule has 1 unspecified atom stereocenters. The Kier molecular flexibility index (Phi) is 3.65. The highest BCUT2D eigenvalue weighted by Gasteiger charge is 2.24. The maximum absolute atomic E-state index is 12.5. The zero-order valence-electron chi connectivity index (χ0n) is 12.1. The number of rotatable bonds is 3. The van der Waals surface area contributed by atoms with Crippen LogP contribution in [0.2, 0.25) is 0 Å². The van der Waals surface area contributed by atoms with E-state index in [-0.39, 0.29) is 11.5 Å². The number of Topliss-reactive ketones (excluding diaryl/α,β-unsaturated/α-hetero) is 1. The van der Waals surface area contributed by atoms with Crippen molar-refractivity contribution in [2.75, 3.05) is 11.4 Å². The quantitative estimate of drug-likeness (QED) is 0.876. The van der Waals surface area contributed by atoms with E-state index >= 15 is 0 Å². The van der Waals surface area contributed by atoms with Gasteiger partial charge in [0, 0.05) is 17.3 Å². The number of phenols is 1. The lowest BCUT2D eigenvalue weighted by Crippen LogP contribution is -2.40. The van der Waals surface area contributed by atoms with Crippen molar-refractivity contribution in [2.45, 2.75) is 25.8 Å². The number of nitrogens with zero attached hydrogens (tertiary/aromatic N) is 1. The largest absolute Gasteiger partial charge is 0.508 e. The first-order chi connectivity index (χ1) is 10.1. The van der Waals surface area contributed by atoms with Gasteiger partial charge in [0.25, 0.3) is 0 Å². The Labute approximate surface area is 124 Å². The molecule has 1 heterocycles. The standard InChI is InChI=1S/C18H19NO2/c1-13-6-7-14-4-2-3-5-17(14)19(13)12-18(21)15-8-10-16(20)11-9-15/h2-5,8-11,13,20H,6-7,12H2,1H3. The number of ketones is 1. The maximum Gasteiger partial charge on any atom is 0.182 e. The number of phenolic OH excluding ortho intramolecular Hbond substituents is 1. The van der Waals surface area contributed by atoms with E-state index in [0.717, 1.165) is 12.8 Å². The van der Waals surface area contributed by atoms with E-state index in [1.54, 1.807) is 24.3 Å². The van der Waals surface area contributed by atoms with Crippen molar-refractivity contribution in [1.82, 2.24) is 0 Å². The number of aromatic hydroxyl groups is 1. The zero-order valence-corrected chi connectivity index (χ0v) is 12.1. The topological polar surface area (TPSA) is 40.5 Å². The summed E-state index contributed by atoms with van der Waals surface area (Å²) in [5.41, 5.74) is 3.13.